The number of hydrogen-bond acceptors (Lipinski definition) is 2. The first kappa shape index (κ1) is 15.3. The molecule has 2 rings (SSSR count). The summed E-state index contributed by atoms with van der Waals surface area (Å²) in [6.07, 6.45) is -1.13. The number of alkyl halides is 3. The van der Waals surface area contributed by atoms with Crippen LogP contribution < -0.4 is 5.32 Å². The lowest BCUT2D eigenvalue weighted by Gasteiger charge is -2.11. The predicted molar refractivity (Wildman–Crippen MR) is 71.3 cm³/mol. The van der Waals surface area contributed by atoms with Crippen molar-refractivity contribution in [2.45, 2.75) is 32.6 Å². The van der Waals surface area contributed by atoms with Gasteiger partial charge in [-0.3, -0.25) is 4.68 Å². The Kier molecular flexibility index (Phi) is 4.20. The topological polar surface area (TPSA) is 29.9 Å². The van der Waals surface area contributed by atoms with Gasteiger partial charge in [0.1, 0.15) is 5.82 Å². The van der Waals surface area contributed by atoms with Crippen LogP contribution in [0, 0.1) is 5.82 Å². The molecule has 0 fully saturated rings. The minimum atomic E-state index is -4.49. The van der Waals surface area contributed by atoms with Crippen molar-refractivity contribution in [2.75, 3.05) is 5.32 Å². The summed E-state index contributed by atoms with van der Waals surface area (Å²) in [6.45, 7) is 4.11. The molecular formula is C14H15F4N3. The van der Waals surface area contributed by atoms with E-state index in [1.165, 1.54) is 0 Å². The van der Waals surface area contributed by atoms with Crippen molar-refractivity contribution in [3.05, 3.63) is 47.5 Å². The Balaban J connectivity index is 2.12. The van der Waals surface area contributed by atoms with Crippen LogP contribution in [0.1, 0.15) is 31.0 Å². The Hall–Kier alpha value is -2.05. The maximum absolute atomic E-state index is 13.5. The predicted octanol–water partition coefficient (Wildman–Crippen LogP) is 4.23. The minimum absolute atomic E-state index is 0.179. The Morgan fingerprint density at radius 2 is 2.00 bits per heavy atom. The Morgan fingerprint density at radius 1 is 1.29 bits per heavy atom. The third-order valence-electron chi connectivity index (χ3n) is 2.96. The summed E-state index contributed by atoms with van der Waals surface area (Å²) < 4.78 is 53.0. The fourth-order valence-electron chi connectivity index (χ4n) is 1.79. The lowest BCUT2D eigenvalue weighted by atomic mass is 10.2. The van der Waals surface area contributed by atoms with Crippen molar-refractivity contribution in [2.24, 2.45) is 0 Å². The van der Waals surface area contributed by atoms with Crippen LogP contribution in [0.15, 0.2) is 30.6 Å². The molecule has 0 atom stereocenters. The molecule has 3 nitrogen and oxygen atoms in total. The van der Waals surface area contributed by atoms with E-state index >= 15 is 0 Å². The van der Waals surface area contributed by atoms with Crippen LogP contribution in [0.2, 0.25) is 0 Å². The zero-order valence-electron chi connectivity index (χ0n) is 11.6. The first-order chi connectivity index (χ1) is 9.77. The van der Waals surface area contributed by atoms with Crippen LogP contribution in [0.5, 0.6) is 0 Å². The molecule has 0 radical (unpaired) electrons. The lowest BCUT2D eigenvalue weighted by Crippen LogP contribution is -2.08. The van der Waals surface area contributed by atoms with Crippen molar-refractivity contribution >= 4 is 5.69 Å². The standard InChI is InChI=1S/C14H15F4N3/c1-9(2)21-8-10(7-20-21)6-19-13-5-11(14(16,17)18)3-4-12(13)15/h3-5,7-9,19H,6H2,1-2H3. The van der Waals surface area contributed by atoms with Crippen molar-refractivity contribution in [3.63, 3.8) is 0 Å². The molecule has 0 saturated heterocycles. The highest BCUT2D eigenvalue weighted by molar-refractivity contribution is 5.48. The van der Waals surface area contributed by atoms with Gasteiger partial charge in [0.15, 0.2) is 0 Å². The van der Waals surface area contributed by atoms with Crippen LogP contribution in [0.25, 0.3) is 0 Å². The molecule has 7 heteroatoms. The molecule has 21 heavy (non-hydrogen) atoms. The van der Waals surface area contributed by atoms with E-state index in [2.05, 4.69) is 10.4 Å². The molecule has 114 valence electrons. The molecule has 1 aromatic heterocycles. The molecule has 1 aromatic carbocycles. The van der Waals surface area contributed by atoms with Gasteiger partial charge in [-0.25, -0.2) is 4.39 Å². The van der Waals surface area contributed by atoms with Gasteiger partial charge >= 0.3 is 6.18 Å². The molecule has 0 saturated carbocycles. The number of aromatic nitrogens is 2. The number of rotatable bonds is 4. The van der Waals surface area contributed by atoms with E-state index in [-0.39, 0.29) is 18.3 Å². The average molecular weight is 301 g/mol. The highest BCUT2D eigenvalue weighted by Gasteiger charge is 2.31. The molecule has 0 spiro atoms. The van der Waals surface area contributed by atoms with E-state index in [1.807, 2.05) is 13.8 Å². The third-order valence-corrected chi connectivity index (χ3v) is 2.96. The van der Waals surface area contributed by atoms with E-state index < -0.39 is 17.6 Å². The largest absolute Gasteiger partial charge is 0.416 e. The molecule has 0 bridgehead atoms. The summed E-state index contributed by atoms with van der Waals surface area (Å²) in [5, 5.41) is 6.78. The summed E-state index contributed by atoms with van der Waals surface area (Å²) in [6, 6.07) is 2.48. The van der Waals surface area contributed by atoms with Crippen molar-refractivity contribution < 1.29 is 17.6 Å². The van der Waals surface area contributed by atoms with Gasteiger partial charge in [-0.15, -0.1) is 0 Å². The Bertz CT molecular complexity index is 617. The zero-order valence-corrected chi connectivity index (χ0v) is 11.6. The van der Waals surface area contributed by atoms with E-state index in [0.717, 1.165) is 23.8 Å². The second-order valence-electron chi connectivity index (χ2n) is 4.97. The molecule has 0 aliphatic carbocycles. The summed E-state index contributed by atoms with van der Waals surface area (Å²) in [5.41, 5.74) is -0.299. The molecular weight excluding hydrogens is 286 g/mol. The third kappa shape index (κ3) is 3.74. The van der Waals surface area contributed by atoms with Crippen LogP contribution in [0.4, 0.5) is 23.2 Å². The maximum Gasteiger partial charge on any atom is 0.416 e. The summed E-state index contributed by atoms with van der Waals surface area (Å²) >= 11 is 0. The van der Waals surface area contributed by atoms with Gasteiger partial charge < -0.3 is 5.32 Å². The zero-order chi connectivity index (χ0) is 15.6. The van der Waals surface area contributed by atoms with Crippen LogP contribution in [0.3, 0.4) is 0 Å². The van der Waals surface area contributed by atoms with Gasteiger partial charge in [-0.2, -0.15) is 18.3 Å². The summed E-state index contributed by atoms with van der Waals surface area (Å²) in [7, 11) is 0. The van der Waals surface area contributed by atoms with Gasteiger partial charge in [0.2, 0.25) is 0 Å². The fourth-order valence-corrected chi connectivity index (χ4v) is 1.79. The quantitative estimate of drug-likeness (QED) is 0.856. The van der Waals surface area contributed by atoms with Gasteiger partial charge in [-0.1, -0.05) is 0 Å². The number of nitrogens with zero attached hydrogens (tertiary/aromatic N) is 2. The van der Waals surface area contributed by atoms with Gasteiger partial charge in [0.25, 0.3) is 0 Å². The number of hydrogen-bond donors (Lipinski definition) is 1. The molecule has 0 unspecified atom stereocenters. The fraction of sp³-hybridized carbons (Fsp3) is 0.357. The van der Waals surface area contributed by atoms with Gasteiger partial charge in [0, 0.05) is 24.3 Å². The van der Waals surface area contributed by atoms with Gasteiger partial charge in [0.05, 0.1) is 17.4 Å². The summed E-state index contributed by atoms with van der Waals surface area (Å²) in [4.78, 5) is 0. The lowest BCUT2D eigenvalue weighted by molar-refractivity contribution is -0.137. The average Bonchev–Trinajstić information content (AvgIpc) is 2.85. The van der Waals surface area contributed by atoms with E-state index in [0.29, 0.717) is 0 Å². The molecule has 2 aromatic rings. The number of anilines is 1. The van der Waals surface area contributed by atoms with E-state index in [4.69, 9.17) is 0 Å². The van der Waals surface area contributed by atoms with Crippen molar-refractivity contribution in [1.82, 2.24) is 9.78 Å². The highest BCUT2D eigenvalue weighted by Crippen LogP contribution is 2.31. The first-order valence-electron chi connectivity index (χ1n) is 6.41. The SMILES string of the molecule is CC(C)n1cc(CNc2cc(C(F)(F)F)ccc2F)cn1. The number of nitrogens with one attached hydrogen (secondary N) is 1. The second kappa shape index (κ2) is 5.75. The van der Waals surface area contributed by atoms with Crippen LogP contribution in [-0.4, -0.2) is 9.78 Å². The van der Waals surface area contributed by atoms with E-state index in [1.54, 1.807) is 17.1 Å². The number of halogens is 4. The Morgan fingerprint density at radius 3 is 2.57 bits per heavy atom. The normalized spacial score (nSPS) is 12.0. The minimum Gasteiger partial charge on any atom is -0.378 e. The molecule has 1 heterocycles. The molecule has 1 N–H and O–H groups in total. The van der Waals surface area contributed by atoms with Crippen molar-refractivity contribution in [3.8, 4) is 0 Å². The molecule has 0 aliphatic heterocycles. The monoisotopic (exact) mass is 301 g/mol. The summed E-state index contributed by atoms with van der Waals surface area (Å²) in [5.74, 6) is -0.723. The van der Waals surface area contributed by atoms with E-state index in [9.17, 15) is 17.6 Å². The first-order valence-corrected chi connectivity index (χ1v) is 6.41. The smallest absolute Gasteiger partial charge is 0.378 e. The van der Waals surface area contributed by atoms with Crippen LogP contribution >= 0.6 is 0 Å². The Labute approximate surface area is 119 Å². The number of benzene rings is 1. The molecule has 0 aliphatic rings. The molecule has 0 amide bonds. The maximum atomic E-state index is 13.5. The van der Waals surface area contributed by atoms with Gasteiger partial charge in [-0.05, 0) is 32.0 Å². The van der Waals surface area contributed by atoms with Crippen molar-refractivity contribution in [1.29, 1.82) is 0 Å². The highest BCUT2D eigenvalue weighted by atomic mass is 19.4. The van der Waals surface area contributed by atoms with Crippen LogP contribution in [-0.2, 0) is 12.7 Å². The second-order valence-corrected chi connectivity index (χ2v) is 4.97.